The quantitative estimate of drug-likeness (QED) is 0.365. The second-order valence-corrected chi connectivity index (χ2v) is 7.86. The van der Waals surface area contributed by atoms with Crippen LogP contribution in [0.2, 0.25) is 0 Å². The normalized spacial score (nSPS) is 10.9. The van der Waals surface area contributed by atoms with Gasteiger partial charge in [-0.15, -0.1) is 11.3 Å². The third-order valence-electron chi connectivity index (χ3n) is 4.87. The highest BCUT2D eigenvalue weighted by Gasteiger charge is 2.14. The van der Waals surface area contributed by atoms with Crippen molar-refractivity contribution in [1.29, 1.82) is 0 Å². The summed E-state index contributed by atoms with van der Waals surface area (Å²) in [5.74, 6) is -0.0245. The SMILES string of the molecule is O=C(Nc1nc(-c2ccc(Cc3ccccc3)cc2)cs1)c1cc2ccccc2o1. The van der Waals surface area contributed by atoms with Gasteiger partial charge in [0.25, 0.3) is 5.91 Å². The summed E-state index contributed by atoms with van der Waals surface area (Å²) in [6.07, 6.45) is 0.900. The van der Waals surface area contributed by atoms with Gasteiger partial charge >= 0.3 is 0 Å². The Balaban J connectivity index is 1.28. The first-order chi connectivity index (χ1) is 14.7. The van der Waals surface area contributed by atoms with Crippen molar-refractivity contribution < 1.29 is 9.21 Å². The molecular weight excluding hydrogens is 392 g/mol. The lowest BCUT2D eigenvalue weighted by Crippen LogP contribution is -2.10. The number of amides is 1. The van der Waals surface area contributed by atoms with Crippen LogP contribution in [0.5, 0.6) is 0 Å². The standard InChI is InChI=1S/C25H18N2O2S/c28-24(23-15-20-8-4-5-9-22(20)29-23)27-25-26-21(16-30-25)19-12-10-18(11-13-19)14-17-6-2-1-3-7-17/h1-13,15-16H,14H2,(H,26,27,28). The van der Waals surface area contributed by atoms with Crippen molar-refractivity contribution in [3.05, 3.63) is 107 Å². The van der Waals surface area contributed by atoms with Gasteiger partial charge in [0.1, 0.15) is 5.58 Å². The monoisotopic (exact) mass is 410 g/mol. The van der Waals surface area contributed by atoms with E-state index in [1.807, 2.05) is 35.7 Å². The van der Waals surface area contributed by atoms with Gasteiger partial charge in [0.05, 0.1) is 5.69 Å². The third kappa shape index (κ3) is 3.88. The molecule has 0 aliphatic carbocycles. The van der Waals surface area contributed by atoms with Crippen LogP contribution in [0.15, 0.2) is 94.7 Å². The molecule has 3 aromatic carbocycles. The minimum absolute atomic E-state index is 0.276. The largest absolute Gasteiger partial charge is 0.451 e. The summed E-state index contributed by atoms with van der Waals surface area (Å²) in [6.45, 7) is 0. The number of furan rings is 1. The Labute approximate surface area is 177 Å². The maximum absolute atomic E-state index is 12.5. The summed E-state index contributed by atoms with van der Waals surface area (Å²) >= 11 is 1.40. The van der Waals surface area contributed by atoms with E-state index in [0.717, 1.165) is 23.1 Å². The molecule has 146 valence electrons. The van der Waals surface area contributed by atoms with Gasteiger partial charge in [-0.2, -0.15) is 0 Å². The first kappa shape index (κ1) is 18.3. The van der Waals surface area contributed by atoms with Crippen LogP contribution in [-0.4, -0.2) is 10.9 Å². The van der Waals surface area contributed by atoms with Crippen LogP contribution in [0.25, 0.3) is 22.2 Å². The maximum atomic E-state index is 12.5. The lowest BCUT2D eigenvalue weighted by Gasteiger charge is -2.03. The number of thiazole rings is 1. The van der Waals surface area contributed by atoms with Crippen molar-refractivity contribution in [3.63, 3.8) is 0 Å². The molecule has 0 saturated heterocycles. The Kier molecular flexibility index (Phi) is 4.87. The topological polar surface area (TPSA) is 55.1 Å². The van der Waals surface area contributed by atoms with E-state index in [-0.39, 0.29) is 11.7 Å². The van der Waals surface area contributed by atoms with Gasteiger partial charge in [-0.3, -0.25) is 10.1 Å². The van der Waals surface area contributed by atoms with E-state index >= 15 is 0 Å². The second kappa shape index (κ2) is 7.97. The van der Waals surface area contributed by atoms with E-state index in [1.54, 1.807) is 6.07 Å². The van der Waals surface area contributed by atoms with Crippen LogP contribution in [0.3, 0.4) is 0 Å². The number of hydrogen-bond acceptors (Lipinski definition) is 4. The zero-order valence-electron chi connectivity index (χ0n) is 16.0. The molecule has 2 heterocycles. The minimum Gasteiger partial charge on any atom is -0.451 e. The van der Waals surface area contributed by atoms with E-state index in [9.17, 15) is 4.79 Å². The fourth-order valence-electron chi connectivity index (χ4n) is 3.34. The van der Waals surface area contributed by atoms with Crippen LogP contribution in [-0.2, 0) is 6.42 Å². The van der Waals surface area contributed by atoms with Gasteiger partial charge in [0.15, 0.2) is 10.9 Å². The van der Waals surface area contributed by atoms with Crippen LogP contribution >= 0.6 is 11.3 Å². The molecular formula is C25H18N2O2S. The molecule has 0 aliphatic rings. The van der Waals surface area contributed by atoms with E-state index in [4.69, 9.17) is 4.42 Å². The fourth-order valence-corrected chi connectivity index (χ4v) is 4.06. The van der Waals surface area contributed by atoms with Gasteiger partial charge in [0.2, 0.25) is 0 Å². The van der Waals surface area contributed by atoms with Crippen molar-refractivity contribution >= 4 is 33.3 Å². The van der Waals surface area contributed by atoms with Crippen molar-refractivity contribution in [1.82, 2.24) is 4.98 Å². The Hall–Kier alpha value is -3.70. The number of hydrogen-bond donors (Lipinski definition) is 1. The zero-order valence-corrected chi connectivity index (χ0v) is 16.9. The second-order valence-electron chi connectivity index (χ2n) is 7.00. The van der Waals surface area contributed by atoms with Crippen molar-refractivity contribution in [2.45, 2.75) is 6.42 Å². The number of nitrogens with zero attached hydrogens (tertiary/aromatic N) is 1. The van der Waals surface area contributed by atoms with E-state index < -0.39 is 0 Å². The van der Waals surface area contributed by atoms with Crippen LogP contribution in [0.4, 0.5) is 5.13 Å². The molecule has 5 rings (SSSR count). The number of para-hydroxylation sites is 1. The summed E-state index contributed by atoms with van der Waals surface area (Å²) in [5, 5.41) is 6.22. The van der Waals surface area contributed by atoms with Gasteiger partial charge in [-0.1, -0.05) is 72.8 Å². The van der Waals surface area contributed by atoms with E-state index in [0.29, 0.717) is 10.7 Å². The molecule has 0 spiro atoms. The van der Waals surface area contributed by atoms with Crippen LogP contribution in [0, 0.1) is 0 Å². The zero-order chi connectivity index (χ0) is 20.3. The number of carbonyl (C=O) groups excluding carboxylic acids is 1. The average Bonchev–Trinajstić information content (AvgIpc) is 3.42. The van der Waals surface area contributed by atoms with Crippen molar-refractivity contribution in [2.24, 2.45) is 0 Å². The highest BCUT2D eigenvalue weighted by Crippen LogP contribution is 2.27. The number of nitrogens with one attached hydrogen (secondary N) is 1. The molecule has 0 bridgehead atoms. The van der Waals surface area contributed by atoms with Crippen LogP contribution in [0.1, 0.15) is 21.7 Å². The first-order valence-corrected chi connectivity index (χ1v) is 10.5. The van der Waals surface area contributed by atoms with Gasteiger partial charge in [-0.05, 0) is 29.7 Å². The third-order valence-corrected chi connectivity index (χ3v) is 5.63. The summed E-state index contributed by atoms with van der Waals surface area (Å²) in [5.41, 5.74) is 5.09. The number of fused-ring (bicyclic) bond motifs is 1. The molecule has 0 unspecified atom stereocenters. The molecule has 0 fully saturated rings. The predicted molar refractivity (Wildman–Crippen MR) is 121 cm³/mol. The van der Waals surface area contributed by atoms with E-state index in [1.165, 1.54) is 22.5 Å². The van der Waals surface area contributed by atoms with E-state index in [2.05, 4.69) is 58.8 Å². The van der Waals surface area contributed by atoms with Crippen LogP contribution < -0.4 is 5.32 Å². The maximum Gasteiger partial charge on any atom is 0.293 e. The molecule has 1 amide bonds. The molecule has 2 aromatic heterocycles. The predicted octanol–water partition coefficient (Wildman–Crippen LogP) is 6.40. The molecule has 5 aromatic rings. The van der Waals surface area contributed by atoms with Gasteiger partial charge in [0, 0.05) is 16.3 Å². The Morgan fingerprint density at radius 2 is 1.63 bits per heavy atom. The Bertz CT molecular complexity index is 1270. The molecule has 4 nitrogen and oxygen atoms in total. The lowest BCUT2D eigenvalue weighted by atomic mass is 10.0. The first-order valence-electron chi connectivity index (χ1n) is 9.63. The molecule has 1 N–H and O–H groups in total. The summed E-state index contributed by atoms with van der Waals surface area (Å²) in [7, 11) is 0. The smallest absolute Gasteiger partial charge is 0.293 e. The number of carbonyl (C=O) groups is 1. The number of anilines is 1. The Morgan fingerprint density at radius 1 is 0.900 bits per heavy atom. The summed E-state index contributed by atoms with van der Waals surface area (Å²) in [4.78, 5) is 17.1. The minimum atomic E-state index is -0.301. The average molecular weight is 410 g/mol. The Morgan fingerprint density at radius 3 is 2.43 bits per heavy atom. The highest BCUT2D eigenvalue weighted by molar-refractivity contribution is 7.14. The lowest BCUT2D eigenvalue weighted by molar-refractivity contribution is 0.0998. The van der Waals surface area contributed by atoms with Crippen molar-refractivity contribution in [2.75, 3.05) is 5.32 Å². The van der Waals surface area contributed by atoms with Gasteiger partial charge < -0.3 is 4.42 Å². The van der Waals surface area contributed by atoms with Gasteiger partial charge in [-0.25, -0.2) is 4.98 Å². The molecule has 0 radical (unpaired) electrons. The number of rotatable bonds is 5. The molecule has 0 atom stereocenters. The van der Waals surface area contributed by atoms with Crippen molar-refractivity contribution in [3.8, 4) is 11.3 Å². The summed E-state index contributed by atoms with van der Waals surface area (Å²) < 4.78 is 5.62. The highest BCUT2D eigenvalue weighted by atomic mass is 32.1. The molecule has 5 heteroatoms. The molecule has 30 heavy (non-hydrogen) atoms. The summed E-state index contributed by atoms with van der Waals surface area (Å²) in [6, 6.07) is 28.1. The number of aromatic nitrogens is 1. The molecule has 0 aliphatic heterocycles. The molecule has 0 saturated carbocycles. The number of benzene rings is 3. The fraction of sp³-hybridized carbons (Fsp3) is 0.0400.